The Morgan fingerprint density at radius 2 is 1.89 bits per heavy atom. The molecule has 1 aliphatic heterocycles. The predicted octanol–water partition coefficient (Wildman–Crippen LogP) is 2.69. The number of aromatic nitrogens is 1. The van der Waals surface area contributed by atoms with Crippen molar-refractivity contribution in [2.45, 2.75) is 63.7 Å². The van der Waals surface area contributed by atoms with Crippen LogP contribution in [0.3, 0.4) is 0 Å². The molecule has 2 aliphatic carbocycles. The number of pyridine rings is 1. The zero-order valence-corrected chi connectivity index (χ0v) is 16.6. The van der Waals surface area contributed by atoms with Crippen LogP contribution in [0.2, 0.25) is 0 Å². The summed E-state index contributed by atoms with van der Waals surface area (Å²) in [4.78, 5) is 18.6. The van der Waals surface area contributed by atoms with Crippen molar-refractivity contribution >= 4 is 5.91 Å². The number of likely N-dealkylation sites (tertiary alicyclic amines) is 1. The average Bonchev–Trinajstić information content (AvgIpc) is 3.53. The Hall–Kier alpha value is -2.29. The van der Waals surface area contributed by atoms with Crippen LogP contribution in [0.25, 0.3) is 0 Å². The first kappa shape index (κ1) is 19.0. The smallest absolute Gasteiger partial charge is 0.236 e. The number of nitrogens with zero attached hydrogens (tertiary/aromatic N) is 4. The molecule has 2 saturated carbocycles. The van der Waals surface area contributed by atoms with Crippen LogP contribution >= 0.6 is 0 Å². The van der Waals surface area contributed by atoms with E-state index >= 15 is 0 Å². The Labute approximate surface area is 167 Å². The van der Waals surface area contributed by atoms with Gasteiger partial charge in [-0.1, -0.05) is 6.07 Å². The van der Waals surface area contributed by atoms with Gasteiger partial charge in [0.1, 0.15) is 11.9 Å². The van der Waals surface area contributed by atoms with Crippen LogP contribution in [0.4, 0.5) is 0 Å². The number of piperidine rings is 1. The fraction of sp³-hybridized carbons (Fsp3) is 0.682. The molecule has 0 bridgehead atoms. The second-order valence-corrected chi connectivity index (χ2v) is 8.95. The summed E-state index contributed by atoms with van der Waals surface area (Å²) in [5.41, 5.74) is 2.47. The van der Waals surface area contributed by atoms with Gasteiger partial charge < -0.3 is 10.7 Å². The Balaban J connectivity index is 1.37. The number of nitrogens with two attached hydrogens (primary N) is 1. The van der Waals surface area contributed by atoms with Crippen molar-refractivity contribution < 1.29 is 4.79 Å². The van der Waals surface area contributed by atoms with Crippen molar-refractivity contribution in [1.29, 1.82) is 5.26 Å². The molecule has 28 heavy (non-hydrogen) atoms. The Kier molecular flexibility index (Phi) is 5.43. The number of hydrogen-bond acceptors (Lipinski definition) is 4. The minimum absolute atomic E-state index is 0.00765. The molecule has 0 aromatic carbocycles. The molecule has 2 heterocycles. The van der Waals surface area contributed by atoms with E-state index in [1.54, 1.807) is 0 Å². The largest absolute Gasteiger partial charge is 0.342 e. The topological polar surface area (TPSA) is 87.4 Å². The summed E-state index contributed by atoms with van der Waals surface area (Å²) in [6, 6.07) is 8.24. The van der Waals surface area contributed by atoms with E-state index < -0.39 is 0 Å². The maximum absolute atomic E-state index is 12.0. The lowest BCUT2D eigenvalue weighted by Crippen LogP contribution is -2.44. The Bertz CT molecular complexity index is 814. The molecule has 0 radical (unpaired) electrons. The van der Waals surface area contributed by atoms with Gasteiger partial charge in [-0.15, -0.1) is 0 Å². The standard InChI is InChI=1S/C22H31N5O/c23-13-8-21(28)26-14-11-22(12-15-26)9-6-18(7-10-22)19-2-1-3-20(27(19)24)25-16-17-4-5-17/h1-3,17-18H,4-12,14-16,24H2/b25-20-. The summed E-state index contributed by atoms with van der Waals surface area (Å²) in [6.07, 6.45) is 9.43. The van der Waals surface area contributed by atoms with Crippen molar-refractivity contribution in [3.8, 4) is 6.07 Å². The second kappa shape index (κ2) is 7.98. The van der Waals surface area contributed by atoms with E-state index in [9.17, 15) is 4.79 Å². The van der Waals surface area contributed by atoms with E-state index in [-0.39, 0.29) is 12.3 Å². The number of nitrogen functional groups attached to an aromatic ring is 1. The maximum atomic E-state index is 12.0. The van der Waals surface area contributed by atoms with Crippen LogP contribution in [0.1, 0.15) is 69.4 Å². The quantitative estimate of drug-likeness (QED) is 0.814. The lowest BCUT2D eigenvalue weighted by atomic mass is 9.65. The van der Waals surface area contributed by atoms with Gasteiger partial charge in [0.2, 0.25) is 5.91 Å². The zero-order valence-electron chi connectivity index (χ0n) is 16.6. The number of nitriles is 1. The average molecular weight is 382 g/mol. The summed E-state index contributed by atoms with van der Waals surface area (Å²) >= 11 is 0. The van der Waals surface area contributed by atoms with Gasteiger partial charge in [-0.25, -0.2) is 4.68 Å². The van der Waals surface area contributed by atoms with Crippen LogP contribution in [0.15, 0.2) is 23.2 Å². The summed E-state index contributed by atoms with van der Waals surface area (Å²) in [7, 11) is 0. The molecule has 1 amide bonds. The summed E-state index contributed by atoms with van der Waals surface area (Å²) in [5.74, 6) is 7.67. The van der Waals surface area contributed by atoms with Gasteiger partial charge in [0, 0.05) is 31.2 Å². The highest BCUT2D eigenvalue weighted by Gasteiger charge is 2.39. The van der Waals surface area contributed by atoms with Crippen LogP contribution in [0.5, 0.6) is 0 Å². The highest BCUT2D eigenvalue weighted by atomic mass is 16.2. The van der Waals surface area contributed by atoms with Gasteiger partial charge in [-0.05, 0) is 74.8 Å². The normalized spacial score (nSPS) is 23.0. The van der Waals surface area contributed by atoms with Crippen molar-refractivity contribution in [1.82, 2.24) is 9.58 Å². The third-order valence-electron chi connectivity index (χ3n) is 7.12. The SMILES string of the molecule is N#CCC(=O)N1CCC2(CCC(c3ccc/c(=N/CC4CC4)n3N)CC2)CC1. The molecule has 2 N–H and O–H groups in total. The number of carbonyl (C=O) groups is 1. The minimum Gasteiger partial charge on any atom is -0.342 e. The van der Waals surface area contributed by atoms with Gasteiger partial charge >= 0.3 is 0 Å². The molecule has 6 heteroatoms. The first-order chi connectivity index (χ1) is 13.6. The molecule has 1 spiro atoms. The van der Waals surface area contributed by atoms with Gasteiger partial charge in [-0.3, -0.25) is 9.79 Å². The lowest BCUT2D eigenvalue weighted by Gasteiger charge is -2.46. The van der Waals surface area contributed by atoms with Gasteiger partial charge in [-0.2, -0.15) is 5.26 Å². The molecule has 1 aromatic rings. The Morgan fingerprint density at radius 3 is 2.54 bits per heavy atom. The van der Waals surface area contributed by atoms with Gasteiger partial charge in [0.25, 0.3) is 0 Å². The molecular weight excluding hydrogens is 350 g/mol. The number of carbonyl (C=O) groups excluding carboxylic acids is 1. The maximum Gasteiger partial charge on any atom is 0.236 e. The van der Waals surface area contributed by atoms with E-state index in [2.05, 4.69) is 12.1 Å². The zero-order chi connectivity index (χ0) is 19.6. The number of rotatable bonds is 4. The minimum atomic E-state index is -0.0121. The summed E-state index contributed by atoms with van der Waals surface area (Å²) in [6.45, 7) is 2.50. The van der Waals surface area contributed by atoms with E-state index in [0.717, 1.165) is 56.7 Å². The highest BCUT2D eigenvalue weighted by Crippen LogP contribution is 2.48. The van der Waals surface area contributed by atoms with E-state index in [1.165, 1.54) is 31.4 Å². The van der Waals surface area contributed by atoms with Crippen molar-refractivity contribution in [2.24, 2.45) is 16.3 Å². The van der Waals surface area contributed by atoms with Crippen molar-refractivity contribution in [3.63, 3.8) is 0 Å². The number of amides is 1. The summed E-state index contributed by atoms with van der Waals surface area (Å²) < 4.78 is 1.81. The predicted molar refractivity (Wildman–Crippen MR) is 107 cm³/mol. The molecule has 0 unspecified atom stereocenters. The first-order valence-corrected chi connectivity index (χ1v) is 10.7. The van der Waals surface area contributed by atoms with E-state index in [0.29, 0.717) is 11.3 Å². The molecule has 0 atom stereocenters. The van der Waals surface area contributed by atoms with Crippen LogP contribution in [-0.4, -0.2) is 35.1 Å². The van der Waals surface area contributed by atoms with E-state index in [4.69, 9.17) is 16.1 Å². The van der Waals surface area contributed by atoms with Crippen LogP contribution in [0, 0.1) is 22.7 Å². The number of hydrogen-bond donors (Lipinski definition) is 1. The van der Waals surface area contributed by atoms with Crippen molar-refractivity contribution in [3.05, 3.63) is 29.4 Å². The van der Waals surface area contributed by atoms with Crippen LogP contribution < -0.4 is 11.3 Å². The van der Waals surface area contributed by atoms with Gasteiger partial charge in [0.15, 0.2) is 0 Å². The summed E-state index contributed by atoms with van der Waals surface area (Å²) in [5, 5.41) is 8.74. The third-order valence-corrected chi connectivity index (χ3v) is 7.12. The third kappa shape index (κ3) is 4.09. The second-order valence-electron chi connectivity index (χ2n) is 8.95. The van der Waals surface area contributed by atoms with Crippen LogP contribution in [-0.2, 0) is 4.79 Å². The lowest BCUT2D eigenvalue weighted by molar-refractivity contribution is -0.132. The fourth-order valence-electron chi connectivity index (χ4n) is 4.95. The molecular formula is C22H31N5O. The molecule has 3 aliphatic rings. The van der Waals surface area contributed by atoms with Crippen molar-refractivity contribution in [2.75, 3.05) is 25.5 Å². The van der Waals surface area contributed by atoms with E-state index in [1.807, 2.05) is 21.7 Å². The van der Waals surface area contributed by atoms with Gasteiger partial charge in [0.05, 0.1) is 6.07 Å². The molecule has 1 saturated heterocycles. The monoisotopic (exact) mass is 381 g/mol. The first-order valence-electron chi connectivity index (χ1n) is 10.7. The fourth-order valence-corrected chi connectivity index (χ4v) is 4.95. The Morgan fingerprint density at radius 1 is 1.18 bits per heavy atom. The molecule has 4 rings (SSSR count). The molecule has 150 valence electrons. The molecule has 3 fully saturated rings. The molecule has 6 nitrogen and oxygen atoms in total. The molecule has 1 aromatic heterocycles. The highest BCUT2D eigenvalue weighted by molar-refractivity contribution is 5.78.